The third kappa shape index (κ3) is 3.38. The minimum Gasteiger partial charge on any atom is -0.363 e. The molecule has 9 atom stereocenters. The van der Waals surface area contributed by atoms with Gasteiger partial charge in [0.05, 0.1) is 6.10 Å². The SMILES string of the molecule is C[C@H](CC=C(c1ccccc1)c1ccccc1)[C@@H]1CC[C@@H]2[C@H]3CC[C@H]4C[C@H]5CC[C@@]4(C)[C@@]3(O5)C(=O)C[C@@]21C. The zero-order valence-electron chi connectivity index (χ0n) is 23.5. The third-order valence-electron chi connectivity index (χ3n) is 12.5. The summed E-state index contributed by atoms with van der Waals surface area (Å²) in [5.41, 5.74) is 3.58. The Morgan fingerprint density at radius 2 is 1.58 bits per heavy atom. The van der Waals surface area contributed by atoms with E-state index in [4.69, 9.17) is 4.74 Å². The van der Waals surface area contributed by atoms with Crippen LogP contribution in [0.5, 0.6) is 0 Å². The lowest BCUT2D eigenvalue weighted by Gasteiger charge is -2.70. The Balaban J connectivity index is 1.17. The molecule has 6 fully saturated rings. The number of hydrogen-bond donors (Lipinski definition) is 0. The largest absolute Gasteiger partial charge is 0.363 e. The third-order valence-corrected chi connectivity index (χ3v) is 12.5. The second-order valence-electron chi connectivity index (χ2n) is 14.0. The molecule has 2 nitrogen and oxygen atoms in total. The maximum atomic E-state index is 14.4. The minimum atomic E-state index is -0.479. The zero-order chi connectivity index (χ0) is 26.1. The molecule has 0 amide bonds. The molecule has 4 saturated carbocycles. The lowest BCUT2D eigenvalue weighted by molar-refractivity contribution is -0.307. The van der Waals surface area contributed by atoms with Gasteiger partial charge in [0.1, 0.15) is 5.60 Å². The normalized spacial score (nSPS) is 41.8. The van der Waals surface area contributed by atoms with Gasteiger partial charge >= 0.3 is 0 Å². The van der Waals surface area contributed by atoms with Crippen LogP contribution in [0.25, 0.3) is 5.57 Å². The summed E-state index contributed by atoms with van der Waals surface area (Å²) in [6, 6.07) is 21.6. The van der Waals surface area contributed by atoms with Gasteiger partial charge in [-0.2, -0.15) is 0 Å². The van der Waals surface area contributed by atoms with Gasteiger partial charge in [0.25, 0.3) is 0 Å². The second-order valence-corrected chi connectivity index (χ2v) is 14.0. The molecule has 0 radical (unpaired) electrons. The lowest BCUT2D eigenvalue weighted by atomic mass is 9.40. The molecule has 4 bridgehead atoms. The monoisotopic (exact) mass is 508 g/mol. The molecule has 2 aromatic rings. The Bertz CT molecular complexity index is 1190. The zero-order valence-corrected chi connectivity index (χ0v) is 23.5. The molecule has 2 aliphatic heterocycles. The number of carbonyl (C=O) groups is 1. The van der Waals surface area contributed by atoms with E-state index < -0.39 is 5.60 Å². The van der Waals surface area contributed by atoms with E-state index >= 15 is 0 Å². The van der Waals surface area contributed by atoms with Crippen molar-refractivity contribution in [1.82, 2.24) is 0 Å². The van der Waals surface area contributed by atoms with Gasteiger partial charge in [-0.3, -0.25) is 4.79 Å². The van der Waals surface area contributed by atoms with Gasteiger partial charge in [0.2, 0.25) is 0 Å². The van der Waals surface area contributed by atoms with Gasteiger partial charge < -0.3 is 4.74 Å². The molecule has 0 aromatic heterocycles. The maximum absolute atomic E-state index is 14.4. The van der Waals surface area contributed by atoms with Crippen LogP contribution >= 0.6 is 0 Å². The summed E-state index contributed by atoms with van der Waals surface area (Å²) in [7, 11) is 0. The number of hydrogen-bond acceptors (Lipinski definition) is 2. The van der Waals surface area contributed by atoms with Gasteiger partial charge in [-0.25, -0.2) is 0 Å². The molecule has 200 valence electrons. The molecule has 4 aliphatic carbocycles. The van der Waals surface area contributed by atoms with Crippen molar-refractivity contribution in [2.75, 3.05) is 0 Å². The molecule has 1 spiro atoms. The number of ether oxygens (including phenoxy) is 1. The van der Waals surface area contributed by atoms with E-state index in [9.17, 15) is 4.79 Å². The molecule has 0 N–H and O–H groups in total. The van der Waals surface area contributed by atoms with Crippen LogP contribution in [0.15, 0.2) is 66.7 Å². The standard InChI is InChI=1S/C36H44O2/c1-24(14-16-29(25-10-6-4-7-11-25)26-12-8-5-9-13-26)30-18-19-31-32-17-15-27-22-28-20-21-35(27,3)36(32,38-28)33(37)23-34(30,31)2/h4-13,16,24,27-28,30-32H,14-15,17-23H2,1-3H3/t24-,27+,28-,30+,31-,32-,34-,35-,36+/m1/s1. The van der Waals surface area contributed by atoms with Crippen LogP contribution in [0.3, 0.4) is 0 Å². The number of benzene rings is 2. The Morgan fingerprint density at radius 1 is 0.921 bits per heavy atom. The summed E-state index contributed by atoms with van der Waals surface area (Å²) in [6.45, 7) is 7.38. The van der Waals surface area contributed by atoms with Crippen LogP contribution in [0.2, 0.25) is 0 Å². The molecule has 6 aliphatic rings. The van der Waals surface area contributed by atoms with Gasteiger partial charge in [-0.1, -0.05) is 87.5 Å². The molecule has 8 rings (SSSR count). The summed E-state index contributed by atoms with van der Waals surface area (Å²) in [5, 5.41) is 0. The predicted molar refractivity (Wildman–Crippen MR) is 153 cm³/mol. The van der Waals surface area contributed by atoms with Crippen molar-refractivity contribution < 1.29 is 9.53 Å². The summed E-state index contributed by atoms with van der Waals surface area (Å²) in [5.74, 6) is 3.34. The topological polar surface area (TPSA) is 26.3 Å². The molecule has 2 aromatic carbocycles. The van der Waals surface area contributed by atoms with Crippen LogP contribution in [-0.4, -0.2) is 17.5 Å². The number of ketones is 1. The number of fused-ring (bicyclic) bond motifs is 3. The fourth-order valence-corrected chi connectivity index (χ4v) is 10.7. The summed E-state index contributed by atoms with van der Waals surface area (Å²) < 4.78 is 6.93. The van der Waals surface area contributed by atoms with E-state index in [1.165, 1.54) is 55.2 Å². The Morgan fingerprint density at radius 3 is 2.26 bits per heavy atom. The van der Waals surface area contributed by atoms with Crippen LogP contribution < -0.4 is 0 Å². The molecular formula is C36H44O2. The average molecular weight is 509 g/mol. The average Bonchev–Trinajstić information content (AvgIpc) is 3.26. The van der Waals surface area contributed by atoms with E-state index in [0.717, 1.165) is 19.3 Å². The van der Waals surface area contributed by atoms with Crippen molar-refractivity contribution in [1.29, 1.82) is 0 Å². The van der Waals surface area contributed by atoms with Crippen LogP contribution in [0.1, 0.15) is 89.7 Å². The van der Waals surface area contributed by atoms with E-state index in [1.54, 1.807) is 0 Å². The second kappa shape index (κ2) is 8.91. The minimum absolute atomic E-state index is 0.0653. The summed E-state index contributed by atoms with van der Waals surface area (Å²) in [6.07, 6.45) is 13.2. The lowest BCUT2D eigenvalue weighted by Crippen LogP contribution is -2.75. The van der Waals surface area contributed by atoms with E-state index in [2.05, 4.69) is 87.5 Å². The van der Waals surface area contributed by atoms with Crippen molar-refractivity contribution in [3.8, 4) is 0 Å². The van der Waals surface area contributed by atoms with Crippen molar-refractivity contribution in [2.24, 2.45) is 40.4 Å². The fraction of sp³-hybridized carbons (Fsp3) is 0.583. The Labute approximate surface area is 229 Å². The molecule has 2 saturated heterocycles. The quantitative estimate of drug-likeness (QED) is 0.405. The van der Waals surface area contributed by atoms with Crippen LogP contribution in [-0.2, 0) is 9.53 Å². The van der Waals surface area contributed by atoms with Gasteiger partial charge in [0.15, 0.2) is 5.78 Å². The highest BCUT2D eigenvalue weighted by molar-refractivity contribution is 5.91. The highest BCUT2D eigenvalue weighted by Gasteiger charge is 2.74. The fourth-order valence-electron chi connectivity index (χ4n) is 10.7. The van der Waals surface area contributed by atoms with Crippen molar-refractivity contribution in [2.45, 2.75) is 90.3 Å². The van der Waals surface area contributed by atoms with Crippen LogP contribution in [0, 0.1) is 40.4 Å². The number of allylic oxidation sites excluding steroid dienone is 1. The first-order valence-electron chi connectivity index (χ1n) is 15.4. The predicted octanol–water partition coefficient (Wildman–Crippen LogP) is 8.50. The van der Waals surface area contributed by atoms with Gasteiger partial charge in [-0.05, 0) is 103 Å². The van der Waals surface area contributed by atoms with Crippen molar-refractivity contribution in [3.63, 3.8) is 0 Å². The molecular weight excluding hydrogens is 464 g/mol. The van der Waals surface area contributed by atoms with Crippen LogP contribution in [0.4, 0.5) is 0 Å². The van der Waals surface area contributed by atoms with Gasteiger partial charge in [-0.15, -0.1) is 0 Å². The first kappa shape index (κ1) is 24.8. The number of carbonyl (C=O) groups excluding carboxylic acids is 1. The first-order chi connectivity index (χ1) is 18.4. The Hall–Kier alpha value is -2.19. The summed E-state index contributed by atoms with van der Waals surface area (Å²) in [4.78, 5) is 14.4. The summed E-state index contributed by atoms with van der Waals surface area (Å²) >= 11 is 0. The highest BCUT2D eigenvalue weighted by atomic mass is 16.5. The Kier molecular flexibility index (Phi) is 5.82. The highest BCUT2D eigenvalue weighted by Crippen LogP contribution is 2.72. The molecule has 38 heavy (non-hydrogen) atoms. The molecule has 2 heteroatoms. The van der Waals surface area contributed by atoms with Crippen molar-refractivity contribution >= 4 is 11.4 Å². The number of rotatable bonds is 5. The van der Waals surface area contributed by atoms with E-state index in [0.29, 0.717) is 41.5 Å². The number of Topliss-reactive ketones (excluding diaryl/α,β-unsaturated/α-hetero) is 1. The molecule has 2 heterocycles. The smallest absolute Gasteiger partial charge is 0.166 e. The van der Waals surface area contributed by atoms with E-state index in [-0.39, 0.29) is 10.8 Å². The van der Waals surface area contributed by atoms with E-state index in [1.807, 2.05) is 0 Å². The molecule has 0 unspecified atom stereocenters. The first-order valence-corrected chi connectivity index (χ1v) is 15.4. The van der Waals surface area contributed by atoms with Crippen molar-refractivity contribution in [3.05, 3.63) is 77.9 Å². The maximum Gasteiger partial charge on any atom is 0.166 e. The van der Waals surface area contributed by atoms with Gasteiger partial charge in [0, 0.05) is 11.8 Å².